The number of rotatable bonds is 6. The fourth-order valence-electron chi connectivity index (χ4n) is 4.74. The van der Waals surface area contributed by atoms with E-state index in [-0.39, 0.29) is 24.2 Å². The second-order valence-electron chi connectivity index (χ2n) is 9.26. The van der Waals surface area contributed by atoms with Crippen LogP contribution in [0.5, 0.6) is 0 Å². The Hall–Kier alpha value is -3.49. The largest absolute Gasteiger partial charge is 0.416 e. The standard InChI is InChI=1S/C25H26F3N5O3/c1-29-21-6-5-18(12-30-21)24(36)9-7-20(8-10-24)33-14-19(15-33)32-22(34)13-31-23(35)16-3-2-4-17(11-16)25(26,27)28/h2-6,11-12,19-20,36H,7-10,13-15H2,(H,31,35)(H,32,34). The second-order valence-corrected chi connectivity index (χ2v) is 9.26. The lowest BCUT2D eigenvalue weighted by atomic mass is 9.77. The van der Waals surface area contributed by atoms with Crippen molar-refractivity contribution in [2.24, 2.45) is 0 Å². The quantitative estimate of drug-likeness (QED) is 0.529. The van der Waals surface area contributed by atoms with E-state index in [0.29, 0.717) is 37.3 Å². The summed E-state index contributed by atoms with van der Waals surface area (Å²) in [5.74, 6) is -0.867. The van der Waals surface area contributed by atoms with Gasteiger partial charge in [-0.05, 0) is 49.9 Å². The fraction of sp³-hybridized carbons (Fsp3) is 0.440. The Bertz CT molecular complexity index is 1150. The van der Waals surface area contributed by atoms with Crippen molar-refractivity contribution in [2.45, 2.75) is 49.5 Å². The van der Waals surface area contributed by atoms with Gasteiger partial charge < -0.3 is 20.6 Å². The summed E-state index contributed by atoms with van der Waals surface area (Å²) >= 11 is 0. The van der Waals surface area contributed by atoms with Crippen LogP contribution in [0.1, 0.15) is 47.2 Å². The van der Waals surface area contributed by atoms with Crippen LogP contribution in [0.25, 0.3) is 4.85 Å². The van der Waals surface area contributed by atoms with E-state index in [1.807, 2.05) is 0 Å². The Morgan fingerprint density at radius 2 is 1.92 bits per heavy atom. The van der Waals surface area contributed by atoms with Gasteiger partial charge in [-0.2, -0.15) is 13.2 Å². The van der Waals surface area contributed by atoms with Crippen LogP contribution < -0.4 is 10.6 Å². The number of likely N-dealkylation sites (tertiary alicyclic amines) is 1. The van der Waals surface area contributed by atoms with Crippen molar-refractivity contribution in [1.82, 2.24) is 20.5 Å². The molecule has 2 aliphatic rings. The molecule has 36 heavy (non-hydrogen) atoms. The lowest BCUT2D eigenvalue weighted by Crippen LogP contribution is -2.63. The number of carbonyl (C=O) groups is 2. The number of halogens is 3. The van der Waals surface area contributed by atoms with Crippen molar-refractivity contribution in [1.29, 1.82) is 0 Å². The van der Waals surface area contributed by atoms with Gasteiger partial charge in [0.2, 0.25) is 5.91 Å². The highest BCUT2D eigenvalue weighted by molar-refractivity contribution is 5.96. The number of aromatic nitrogens is 1. The summed E-state index contributed by atoms with van der Waals surface area (Å²) < 4.78 is 38.5. The summed E-state index contributed by atoms with van der Waals surface area (Å²) in [5, 5.41) is 16.2. The monoisotopic (exact) mass is 501 g/mol. The molecule has 0 unspecified atom stereocenters. The molecule has 4 rings (SSSR count). The third-order valence-electron chi connectivity index (χ3n) is 6.83. The topological polar surface area (TPSA) is 98.9 Å². The molecule has 11 heteroatoms. The van der Waals surface area contributed by atoms with E-state index < -0.39 is 29.2 Å². The summed E-state index contributed by atoms with van der Waals surface area (Å²) in [6.45, 7) is 7.96. The van der Waals surface area contributed by atoms with Crippen LogP contribution in [-0.4, -0.2) is 58.5 Å². The number of pyridine rings is 1. The van der Waals surface area contributed by atoms with Crippen LogP contribution in [0.15, 0.2) is 42.6 Å². The van der Waals surface area contributed by atoms with Crippen LogP contribution in [0.4, 0.5) is 19.0 Å². The van der Waals surface area contributed by atoms with E-state index in [1.54, 1.807) is 18.3 Å². The Morgan fingerprint density at radius 3 is 2.53 bits per heavy atom. The zero-order valence-corrected chi connectivity index (χ0v) is 19.4. The van der Waals surface area contributed by atoms with Gasteiger partial charge in [0.1, 0.15) is 6.20 Å². The minimum Gasteiger partial charge on any atom is -0.385 e. The van der Waals surface area contributed by atoms with Gasteiger partial charge in [-0.3, -0.25) is 14.5 Å². The van der Waals surface area contributed by atoms with Crippen molar-refractivity contribution < 1.29 is 27.9 Å². The average Bonchev–Trinajstić information content (AvgIpc) is 2.85. The lowest BCUT2D eigenvalue weighted by molar-refractivity contribution is -0.137. The highest BCUT2D eigenvalue weighted by Crippen LogP contribution is 2.39. The molecular weight excluding hydrogens is 475 g/mol. The van der Waals surface area contributed by atoms with Gasteiger partial charge in [0.15, 0.2) is 0 Å². The summed E-state index contributed by atoms with van der Waals surface area (Å²) in [5.41, 5.74) is -1.33. The molecule has 0 atom stereocenters. The van der Waals surface area contributed by atoms with Gasteiger partial charge in [0.05, 0.1) is 23.8 Å². The number of amides is 2. The first-order chi connectivity index (χ1) is 17.1. The first-order valence-electron chi connectivity index (χ1n) is 11.6. The van der Waals surface area contributed by atoms with E-state index in [1.165, 1.54) is 6.07 Å². The molecule has 2 amide bonds. The molecule has 2 fully saturated rings. The zero-order chi connectivity index (χ0) is 25.9. The smallest absolute Gasteiger partial charge is 0.385 e. The molecule has 0 radical (unpaired) electrons. The zero-order valence-electron chi connectivity index (χ0n) is 19.4. The van der Waals surface area contributed by atoms with Gasteiger partial charge in [-0.25, -0.2) is 0 Å². The van der Waals surface area contributed by atoms with Gasteiger partial charge >= 0.3 is 6.18 Å². The van der Waals surface area contributed by atoms with Gasteiger partial charge in [0, 0.05) is 30.3 Å². The van der Waals surface area contributed by atoms with Crippen molar-refractivity contribution in [2.75, 3.05) is 19.6 Å². The fourth-order valence-corrected chi connectivity index (χ4v) is 4.74. The Labute approximate surface area is 206 Å². The maximum absolute atomic E-state index is 12.8. The average molecular weight is 502 g/mol. The molecule has 2 heterocycles. The minimum atomic E-state index is -4.55. The number of nitrogens with one attached hydrogen (secondary N) is 2. The van der Waals surface area contributed by atoms with Crippen LogP contribution in [0.2, 0.25) is 0 Å². The van der Waals surface area contributed by atoms with Crippen molar-refractivity contribution in [3.63, 3.8) is 0 Å². The molecule has 3 N–H and O–H groups in total. The first kappa shape index (κ1) is 25.6. The first-order valence-corrected chi connectivity index (χ1v) is 11.6. The number of carbonyl (C=O) groups excluding carboxylic acids is 2. The Morgan fingerprint density at radius 1 is 1.19 bits per heavy atom. The highest BCUT2D eigenvalue weighted by Gasteiger charge is 2.40. The number of nitrogens with zero attached hydrogens (tertiary/aromatic N) is 3. The molecule has 190 valence electrons. The van der Waals surface area contributed by atoms with E-state index in [4.69, 9.17) is 6.57 Å². The van der Waals surface area contributed by atoms with Gasteiger partial charge in [0.25, 0.3) is 11.7 Å². The maximum atomic E-state index is 12.8. The maximum Gasteiger partial charge on any atom is 0.416 e. The van der Waals surface area contributed by atoms with Crippen LogP contribution >= 0.6 is 0 Å². The summed E-state index contributed by atoms with van der Waals surface area (Å²) in [6.07, 6.45) is -0.265. The number of aliphatic hydroxyl groups is 1. The molecule has 1 aromatic heterocycles. The number of alkyl halides is 3. The molecule has 1 aromatic carbocycles. The third kappa shape index (κ3) is 5.83. The van der Waals surface area contributed by atoms with E-state index in [2.05, 4.69) is 25.4 Å². The SMILES string of the molecule is [C-]#[N+]c1ccc(C2(O)CCC(N3CC(NC(=O)CNC(=O)c4cccc(C(F)(F)F)c4)C3)CC2)cn1. The minimum absolute atomic E-state index is 0.0749. The van der Waals surface area contributed by atoms with Crippen molar-refractivity contribution in [3.8, 4) is 0 Å². The number of hydrogen-bond donors (Lipinski definition) is 3. The lowest BCUT2D eigenvalue weighted by Gasteiger charge is -2.48. The molecule has 8 nitrogen and oxygen atoms in total. The second kappa shape index (κ2) is 10.2. The van der Waals surface area contributed by atoms with Gasteiger partial charge in [-0.15, -0.1) is 4.98 Å². The van der Waals surface area contributed by atoms with Crippen LogP contribution in [-0.2, 0) is 16.6 Å². The van der Waals surface area contributed by atoms with E-state index >= 15 is 0 Å². The molecule has 1 aliphatic carbocycles. The highest BCUT2D eigenvalue weighted by atomic mass is 19.4. The molecular formula is C25H26F3N5O3. The van der Waals surface area contributed by atoms with Crippen molar-refractivity contribution >= 4 is 17.6 Å². The predicted molar refractivity (Wildman–Crippen MR) is 124 cm³/mol. The summed E-state index contributed by atoms with van der Waals surface area (Å²) in [6, 6.07) is 7.61. The Balaban J connectivity index is 1.18. The summed E-state index contributed by atoms with van der Waals surface area (Å²) in [4.78, 5) is 33.9. The normalized spacial score (nSPS) is 22.8. The molecule has 1 aliphatic heterocycles. The molecule has 0 spiro atoms. The Kier molecular flexibility index (Phi) is 7.28. The number of hydrogen-bond acceptors (Lipinski definition) is 5. The van der Waals surface area contributed by atoms with Gasteiger partial charge in [-0.1, -0.05) is 18.7 Å². The molecule has 0 bridgehead atoms. The molecule has 1 saturated heterocycles. The van der Waals surface area contributed by atoms with E-state index in [0.717, 1.165) is 31.0 Å². The molecule has 2 aromatic rings. The van der Waals surface area contributed by atoms with Crippen LogP contribution in [0.3, 0.4) is 0 Å². The van der Waals surface area contributed by atoms with Crippen molar-refractivity contribution in [3.05, 3.63) is 70.7 Å². The third-order valence-corrected chi connectivity index (χ3v) is 6.83. The van der Waals surface area contributed by atoms with Crippen LogP contribution in [0, 0.1) is 6.57 Å². The van der Waals surface area contributed by atoms with E-state index in [9.17, 15) is 27.9 Å². The predicted octanol–water partition coefficient (Wildman–Crippen LogP) is 3.01. The number of benzene rings is 1. The molecule has 1 saturated carbocycles. The summed E-state index contributed by atoms with van der Waals surface area (Å²) in [7, 11) is 0.